The Morgan fingerprint density at radius 2 is 2.00 bits per heavy atom. The fourth-order valence-electron chi connectivity index (χ4n) is 2.24. The van der Waals surface area contributed by atoms with E-state index in [1.165, 1.54) is 6.07 Å². The molecule has 0 aliphatic heterocycles. The van der Waals surface area contributed by atoms with E-state index >= 15 is 0 Å². The van der Waals surface area contributed by atoms with Crippen molar-refractivity contribution < 1.29 is 17.6 Å². The van der Waals surface area contributed by atoms with Gasteiger partial charge in [0.05, 0.1) is 5.56 Å². The molecule has 3 rings (SSSR count). The van der Waals surface area contributed by atoms with Gasteiger partial charge < -0.3 is 5.32 Å². The number of hydrogen-bond donors (Lipinski definition) is 1. The van der Waals surface area contributed by atoms with Crippen LogP contribution in [0, 0.1) is 12.7 Å². The molecule has 1 N–H and O–H groups in total. The van der Waals surface area contributed by atoms with Crippen molar-refractivity contribution in [3.63, 3.8) is 0 Å². The number of hydrogen-bond acceptors (Lipinski definition) is 5. The van der Waals surface area contributed by atoms with Crippen LogP contribution in [-0.4, -0.2) is 25.2 Å². The molecule has 3 aromatic rings. The number of benzene rings is 1. The first-order chi connectivity index (χ1) is 11.9. The number of nitrogens with one attached hydrogen (secondary N) is 1. The van der Waals surface area contributed by atoms with E-state index in [0.717, 1.165) is 21.9 Å². The molecule has 2 aromatic heterocycles. The monoisotopic (exact) mass is 352 g/mol. The molecule has 0 saturated carbocycles. The molecule has 2 heterocycles. The quantitative estimate of drug-likeness (QED) is 0.731. The van der Waals surface area contributed by atoms with Gasteiger partial charge in [-0.05, 0) is 46.7 Å². The van der Waals surface area contributed by atoms with Crippen molar-refractivity contribution in [2.75, 3.05) is 5.32 Å². The zero-order valence-electron chi connectivity index (χ0n) is 12.9. The van der Waals surface area contributed by atoms with E-state index in [0.29, 0.717) is 12.6 Å². The van der Waals surface area contributed by atoms with Gasteiger partial charge in [0.15, 0.2) is 5.82 Å². The number of alkyl halides is 3. The number of halogens is 4. The molecule has 0 aliphatic carbocycles. The lowest BCUT2D eigenvalue weighted by Crippen LogP contribution is -2.13. The van der Waals surface area contributed by atoms with E-state index in [1.807, 2.05) is 6.92 Å². The highest BCUT2D eigenvalue weighted by atomic mass is 19.4. The van der Waals surface area contributed by atoms with Crippen LogP contribution in [0.1, 0.15) is 16.7 Å². The van der Waals surface area contributed by atoms with Gasteiger partial charge in [-0.15, -0.1) is 0 Å². The molecule has 0 spiro atoms. The number of aryl methyl sites for hydroxylation is 1. The van der Waals surface area contributed by atoms with Gasteiger partial charge in [-0.2, -0.15) is 17.9 Å². The Labute approximate surface area is 139 Å². The largest absolute Gasteiger partial charge is 0.419 e. The molecule has 0 radical (unpaired) electrons. The third kappa shape index (κ3) is 3.42. The maximum absolute atomic E-state index is 14.3. The lowest BCUT2D eigenvalue weighted by molar-refractivity contribution is -0.140. The number of tetrazole rings is 1. The molecule has 25 heavy (non-hydrogen) atoms. The molecule has 0 saturated heterocycles. The van der Waals surface area contributed by atoms with E-state index < -0.39 is 23.2 Å². The number of anilines is 1. The lowest BCUT2D eigenvalue weighted by Gasteiger charge is -2.12. The number of nitrogens with zero attached hydrogens (tertiary/aromatic N) is 5. The second kappa shape index (κ2) is 6.46. The van der Waals surface area contributed by atoms with Gasteiger partial charge in [0, 0.05) is 18.9 Å². The fraction of sp³-hybridized carbons (Fsp3) is 0.200. The van der Waals surface area contributed by atoms with Gasteiger partial charge in [0.2, 0.25) is 5.95 Å². The van der Waals surface area contributed by atoms with E-state index in [1.54, 1.807) is 18.5 Å². The first kappa shape index (κ1) is 16.8. The van der Waals surface area contributed by atoms with Gasteiger partial charge in [-0.1, -0.05) is 11.2 Å². The van der Waals surface area contributed by atoms with Crippen LogP contribution < -0.4 is 5.32 Å². The van der Waals surface area contributed by atoms with Crippen molar-refractivity contribution >= 4 is 5.95 Å². The van der Waals surface area contributed by atoms with Gasteiger partial charge in [0.25, 0.3) is 0 Å². The SMILES string of the molecule is Cc1cnccc1CNc1nnnn1-c1cccc(C(F)(F)F)c1F. The Hall–Kier alpha value is -3.04. The molecular weight excluding hydrogens is 340 g/mol. The van der Waals surface area contributed by atoms with Crippen molar-refractivity contribution in [3.8, 4) is 5.69 Å². The standard InChI is InChI=1S/C15H12F4N6/c1-9-7-20-6-5-10(9)8-21-14-22-23-24-25(14)12-4-2-3-11(13(12)16)15(17,18)19/h2-7H,8H2,1H3,(H,21,22,24). The van der Waals surface area contributed by atoms with Crippen molar-refractivity contribution in [3.05, 3.63) is 59.2 Å². The number of rotatable bonds is 4. The smallest absolute Gasteiger partial charge is 0.349 e. The van der Waals surface area contributed by atoms with Crippen molar-refractivity contribution in [1.82, 2.24) is 25.2 Å². The topological polar surface area (TPSA) is 68.5 Å². The van der Waals surface area contributed by atoms with Crippen LogP contribution in [0.15, 0.2) is 36.7 Å². The number of pyridine rings is 1. The van der Waals surface area contributed by atoms with Crippen molar-refractivity contribution in [1.29, 1.82) is 0 Å². The molecule has 0 unspecified atom stereocenters. The zero-order chi connectivity index (χ0) is 18.0. The molecule has 0 fully saturated rings. The van der Waals surface area contributed by atoms with Crippen molar-refractivity contribution in [2.45, 2.75) is 19.6 Å². The second-order valence-corrected chi connectivity index (χ2v) is 5.21. The predicted octanol–water partition coefficient (Wildman–Crippen LogP) is 3.14. The maximum atomic E-state index is 14.3. The van der Waals surface area contributed by atoms with Gasteiger partial charge in [-0.3, -0.25) is 4.98 Å². The fourth-order valence-corrected chi connectivity index (χ4v) is 2.24. The van der Waals surface area contributed by atoms with E-state index in [9.17, 15) is 17.6 Å². The normalized spacial score (nSPS) is 11.6. The first-order valence-electron chi connectivity index (χ1n) is 7.15. The summed E-state index contributed by atoms with van der Waals surface area (Å²) in [5.74, 6) is -1.42. The minimum Gasteiger partial charge on any atom is -0.349 e. The summed E-state index contributed by atoms with van der Waals surface area (Å²) in [6, 6.07) is 4.71. The summed E-state index contributed by atoms with van der Waals surface area (Å²) in [5.41, 5.74) is 0.0403. The first-order valence-corrected chi connectivity index (χ1v) is 7.15. The van der Waals surface area contributed by atoms with Crippen LogP contribution in [0.25, 0.3) is 5.69 Å². The summed E-state index contributed by atoms with van der Waals surface area (Å²) < 4.78 is 53.7. The molecule has 0 bridgehead atoms. The third-order valence-corrected chi connectivity index (χ3v) is 3.55. The van der Waals surface area contributed by atoms with Gasteiger partial charge in [-0.25, -0.2) is 4.39 Å². The van der Waals surface area contributed by atoms with E-state index in [2.05, 4.69) is 25.8 Å². The highest BCUT2D eigenvalue weighted by molar-refractivity contribution is 5.43. The summed E-state index contributed by atoms with van der Waals surface area (Å²) in [4.78, 5) is 3.97. The molecule has 10 heteroatoms. The summed E-state index contributed by atoms with van der Waals surface area (Å²) in [7, 11) is 0. The summed E-state index contributed by atoms with van der Waals surface area (Å²) in [6.45, 7) is 2.16. The average molecular weight is 352 g/mol. The van der Waals surface area contributed by atoms with Crippen LogP contribution in [0.4, 0.5) is 23.5 Å². The van der Waals surface area contributed by atoms with Crippen LogP contribution in [0.5, 0.6) is 0 Å². The molecule has 0 atom stereocenters. The number of aromatic nitrogens is 5. The Balaban J connectivity index is 1.91. The van der Waals surface area contributed by atoms with Gasteiger partial charge >= 0.3 is 6.18 Å². The average Bonchev–Trinajstić information content (AvgIpc) is 3.01. The summed E-state index contributed by atoms with van der Waals surface area (Å²) in [5, 5.41) is 13.6. The zero-order valence-corrected chi connectivity index (χ0v) is 12.9. The van der Waals surface area contributed by atoms with Gasteiger partial charge in [0.1, 0.15) is 5.69 Å². The molecule has 0 aliphatic rings. The minimum atomic E-state index is -4.81. The lowest BCUT2D eigenvalue weighted by atomic mass is 10.1. The van der Waals surface area contributed by atoms with E-state index in [-0.39, 0.29) is 5.95 Å². The van der Waals surface area contributed by atoms with Crippen molar-refractivity contribution in [2.24, 2.45) is 0 Å². The maximum Gasteiger partial charge on any atom is 0.419 e. The molecule has 130 valence electrons. The highest BCUT2D eigenvalue weighted by Gasteiger charge is 2.35. The Bertz CT molecular complexity index is 890. The van der Waals surface area contributed by atoms with Crippen LogP contribution >= 0.6 is 0 Å². The Morgan fingerprint density at radius 1 is 1.20 bits per heavy atom. The van der Waals surface area contributed by atoms with Crippen LogP contribution in [0.3, 0.4) is 0 Å². The summed E-state index contributed by atoms with van der Waals surface area (Å²) in [6.07, 6.45) is -1.53. The molecular formula is C15H12F4N6. The highest BCUT2D eigenvalue weighted by Crippen LogP contribution is 2.33. The second-order valence-electron chi connectivity index (χ2n) is 5.21. The van der Waals surface area contributed by atoms with Crippen LogP contribution in [-0.2, 0) is 12.7 Å². The van der Waals surface area contributed by atoms with Crippen LogP contribution in [0.2, 0.25) is 0 Å². The Kier molecular flexibility index (Phi) is 4.34. The third-order valence-electron chi connectivity index (χ3n) is 3.55. The molecule has 6 nitrogen and oxygen atoms in total. The van der Waals surface area contributed by atoms with E-state index in [4.69, 9.17) is 0 Å². The molecule has 0 amide bonds. The Morgan fingerprint density at radius 3 is 2.72 bits per heavy atom. The summed E-state index contributed by atoms with van der Waals surface area (Å²) >= 11 is 0. The predicted molar refractivity (Wildman–Crippen MR) is 80.4 cm³/mol. The molecule has 1 aromatic carbocycles. The minimum absolute atomic E-state index is 0.0226.